The molecular weight excluding hydrogens is 382 g/mol. The second-order valence-corrected chi connectivity index (χ2v) is 8.06. The van der Waals surface area contributed by atoms with E-state index in [4.69, 9.17) is 0 Å². The van der Waals surface area contributed by atoms with Crippen LogP contribution in [0.2, 0.25) is 0 Å². The first-order chi connectivity index (χ1) is 14.6. The summed E-state index contributed by atoms with van der Waals surface area (Å²) in [4.78, 5) is 38.1. The summed E-state index contributed by atoms with van der Waals surface area (Å²) in [5.74, 6) is 0.337. The molecule has 3 aromatic rings. The first-order valence-electron chi connectivity index (χ1n) is 10.3. The molecule has 0 unspecified atom stereocenters. The Morgan fingerprint density at radius 1 is 1.13 bits per heavy atom. The molecule has 0 radical (unpaired) electrons. The molecule has 2 atom stereocenters. The first kappa shape index (κ1) is 18.7. The number of carbonyl (C=O) groups excluding carboxylic acids is 1. The van der Waals surface area contributed by atoms with Crippen LogP contribution in [0, 0.1) is 5.92 Å². The van der Waals surface area contributed by atoms with Crippen LogP contribution in [0.4, 0.5) is 0 Å². The third-order valence-electron chi connectivity index (χ3n) is 6.12. The lowest BCUT2D eigenvalue weighted by molar-refractivity contribution is 0.0949. The second-order valence-electron chi connectivity index (χ2n) is 8.06. The van der Waals surface area contributed by atoms with E-state index in [0.29, 0.717) is 23.8 Å². The molecule has 1 fully saturated rings. The molecule has 8 heteroatoms. The summed E-state index contributed by atoms with van der Waals surface area (Å²) in [6, 6.07) is 10.8. The van der Waals surface area contributed by atoms with E-state index in [1.165, 1.54) is 4.68 Å². The number of rotatable bonds is 4. The van der Waals surface area contributed by atoms with E-state index in [0.717, 1.165) is 30.6 Å². The number of hydrogen-bond donors (Lipinski definition) is 2. The van der Waals surface area contributed by atoms with Crippen LogP contribution in [0.1, 0.15) is 28.4 Å². The van der Waals surface area contributed by atoms with E-state index in [-0.39, 0.29) is 29.8 Å². The molecule has 8 nitrogen and oxygen atoms in total. The Hall–Kier alpha value is -3.26. The van der Waals surface area contributed by atoms with Crippen molar-refractivity contribution in [1.82, 2.24) is 25.0 Å². The van der Waals surface area contributed by atoms with E-state index >= 15 is 0 Å². The normalized spacial score (nSPS) is 20.0. The highest BCUT2D eigenvalue weighted by molar-refractivity contribution is 5.93. The maximum Gasteiger partial charge on any atom is 0.274 e. The number of benzene rings is 1. The second kappa shape index (κ2) is 7.53. The van der Waals surface area contributed by atoms with E-state index < -0.39 is 5.91 Å². The van der Waals surface area contributed by atoms with Gasteiger partial charge in [0, 0.05) is 36.6 Å². The number of pyridine rings is 1. The van der Waals surface area contributed by atoms with Crippen LogP contribution >= 0.6 is 0 Å². The quantitative estimate of drug-likeness (QED) is 0.666. The molecule has 154 valence electrons. The average molecular weight is 405 g/mol. The molecule has 0 spiro atoms. The Morgan fingerprint density at radius 3 is 2.90 bits per heavy atom. The highest BCUT2D eigenvalue weighted by atomic mass is 16.2. The third kappa shape index (κ3) is 3.23. The Balaban J connectivity index is 1.31. The Labute approximate surface area is 172 Å². The van der Waals surface area contributed by atoms with E-state index in [1.54, 1.807) is 22.9 Å². The van der Waals surface area contributed by atoms with Gasteiger partial charge in [0.1, 0.15) is 5.56 Å². The largest absolute Gasteiger partial charge is 0.350 e. The number of hydrogen-bond acceptors (Lipinski definition) is 5. The maximum atomic E-state index is 12.9. The van der Waals surface area contributed by atoms with Crippen LogP contribution in [0.25, 0.3) is 10.8 Å². The van der Waals surface area contributed by atoms with Gasteiger partial charge in [0.2, 0.25) is 0 Å². The van der Waals surface area contributed by atoms with Gasteiger partial charge in [-0.2, -0.15) is 5.10 Å². The topological polar surface area (TPSA) is 98.0 Å². The molecule has 0 aliphatic carbocycles. The van der Waals surface area contributed by atoms with E-state index in [9.17, 15) is 14.4 Å². The molecule has 2 aliphatic heterocycles. The van der Waals surface area contributed by atoms with Crippen molar-refractivity contribution in [3.8, 4) is 0 Å². The zero-order valence-electron chi connectivity index (χ0n) is 16.5. The van der Waals surface area contributed by atoms with Crippen LogP contribution < -0.4 is 21.8 Å². The van der Waals surface area contributed by atoms with Gasteiger partial charge in [0.05, 0.1) is 18.1 Å². The number of nitrogens with zero attached hydrogens (tertiary/aromatic N) is 3. The lowest BCUT2D eigenvalue weighted by Gasteiger charge is -2.37. The van der Waals surface area contributed by atoms with Crippen LogP contribution in [0.5, 0.6) is 0 Å². The van der Waals surface area contributed by atoms with Crippen molar-refractivity contribution in [3.63, 3.8) is 0 Å². The van der Waals surface area contributed by atoms with Gasteiger partial charge in [-0.05, 0) is 37.1 Å². The van der Waals surface area contributed by atoms with Crippen LogP contribution in [0.15, 0.2) is 52.2 Å². The van der Waals surface area contributed by atoms with Crippen molar-refractivity contribution in [1.29, 1.82) is 0 Å². The van der Waals surface area contributed by atoms with Crippen molar-refractivity contribution in [2.75, 3.05) is 19.6 Å². The highest BCUT2D eigenvalue weighted by Gasteiger charge is 2.31. The van der Waals surface area contributed by atoms with Crippen molar-refractivity contribution in [2.24, 2.45) is 5.92 Å². The smallest absolute Gasteiger partial charge is 0.274 e. The fourth-order valence-corrected chi connectivity index (χ4v) is 4.62. The fourth-order valence-electron chi connectivity index (χ4n) is 4.62. The van der Waals surface area contributed by atoms with E-state index in [1.807, 2.05) is 24.3 Å². The number of amides is 1. The summed E-state index contributed by atoms with van der Waals surface area (Å²) < 4.78 is 3.10. The van der Waals surface area contributed by atoms with Gasteiger partial charge in [-0.15, -0.1) is 0 Å². The van der Waals surface area contributed by atoms with Gasteiger partial charge < -0.3 is 15.2 Å². The Kier molecular flexibility index (Phi) is 4.71. The molecule has 30 heavy (non-hydrogen) atoms. The molecule has 2 aromatic heterocycles. The molecule has 2 aliphatic rings. The predicted molar refractivity (Wildman–Crippen MR) is 113 cm³/mol. The van der Waals surface area contributed by atoms with Crippen LogP contribution in [0.3, 0.4) is 0 Å². The lowest BCUT2D eigenvalue weighted by atomic mass is 9.84. The molecule has 0 saturated carbocycles. The Bertz CT molecular complexity index is 1250. The monoisotopic (exact) mass is 405 g/mol. The number of fused-ring (bicyclic) bond motifs is 5. The number of nitrogens with one attached hydrogen (secondary N) is 2. The standard InChI is InChI=1S/C22H23N5O3/c28-20(24-7-8-27-22(30)17-4-2-1-3-15(17)12-25-27)18-5-6-19-16-9-14(10-23-11-16)13-26(19)21(18)29/h1-6,12,14,16,23H,7-11,13H2,(H,24,28)/t14-,16+/m0/s1. The van der Waals surface area contributed by atoms with Crippen molar-refractivity contribution in [3.05, 3.63) is 74.6 Å². The molecule has 1 aromatic carbocycles. The summed E-state index contributed by atoms with van der Waals surface area (Å²) in [5.41, 5.74) is 0.719. The molecule has 1 saturated heterocycles. The number of piperidine rings is 1. The minimum atomic E-state index is -0.419. The first-order valence-corrected chi connectivity index (χ1v) is 10.3. The van der Waals surface area contributed by atoms with Gasteiger partial charge in [-0.25, -0.2) is 4.68 Å². The zero-order valence-corrected chi connectivity index (χ0v) is 16.5. The van der Waals surface area contributed by atoms with Crippen molar-refractivity contribution >= 4 is 16.7 Å². The van der Waals surface area contributed by atoms with Crippen LogP contribution in [-0.4, -0.2) is 39.9 Å². The zero-order chi connectivity index (χ0) is 20.7. The summed E-state index contributed by atoms with van der Waals surface area (Å²) in [6.07, 6.45) is 2.73. The van der Waals surface area contributed by atoms with E-state index in [2.05, 4.69) is 15.7 Å². The maximum absolute atomic E-state index is 12.9. The summed E-state index contributed by atoms with van der Waals surface area (Å²) >= 11 is 0. The molecule has 2 N–H and O–H groups in total. The van der Waals surface area contributed by atoms with Gasteiger partial charge >= 0.3 is 0 Å². The minimum Gasteiger partial charge on any atom is -0.350 e. The fraction of sp³-hybridized carbons (Fsp3) is 0.364. The summed E-state index contributed by atoms with van der Waals surface area (Å²) in [7, 11) is 0. The summed E-state index contributed by atoms with van der Waals surface area (Å²) in [5, 5.41) is 11.7. The van der Waals surface area contributed by atoms with Crippen molar-refractivity contribution < 1.29 is 4.79 Å². The number of carbonyl (C=O) groups is 1. The highest BCUT2D eigenvalue weighted by Crippen LogP contribution is 2.31. The molecular formula is C22H23N5O3. The Morgan fingerprint density at radius 2 is 2.00 bits per heavy atom. The lowest BCUT2D eigenvalue weighted by Crippen LogP contribution is -2.46. The molecule has 5 rings (SSSR count). The predicted octanol–water partition coefficient (Wildman–Crippen LogP) is 0.695. The molecule has 2 bridgehead atoms. The van der Waals surface area contributed by atoms with Gasteiger partial charge in [-0.3, -0.25) is 14.4 Å². The van der Waals surface area contributed by atoms with Gasteiger partial charge in [0.25, 0.3) is 17.0 Å². The SMILES string of the molecule is O=C(NCCn1ncc2ccccc2c1=O)c1ccc2n(c1=O)C[C@@H]1CNC[C@H]2C1. The average Bonchev–Trinajstić information content (AvgIpc) is 2.76. The van der Waals surface area contributed by atoms with Gasteiger partial charge in [0.15, 0.2) is 0 Å². The summed E-state index contributed by atoms with van der Waals surface area (Å²) in [6.45, 7) is 2.87. The van der Waals surface area contributed by atoms with Gasteiger partial charge in [-0.1, -0.05) is 18.2 Å². The number of aromatic nitrogens is 3. The minimum absolute atomic E-state index is 0.144. The third-order valence-corrected chi connectivity index (χ3v) is 6.12. The van der Waals surface area contributed by atoms with Crippen LogP contribution in [-0.2, 0) is 13.1 Å². The van der Waals surface area contributed by atoms with Crippen molar-refractivity contribution in [2.45, 2.75) is 25.4 Å². The molecule has 4 heterocycles. The molecule has 1 amide bonds.